The molecule has 1 aromatic carbocycles. The number of ether oxygens (including phenoxy) is 1. The Kier molecular flexibility index (Phi) is 2.23. The van der Waals surface area contributed by atoms with Gasteiger partial charge in [-0.3, -0.25) is 5.73 Å². The minimum absolute atomic E-state index is 0.138. The molecule has 1 unspecified atom stereocenters. The van der Waals surface area contributed by atoms with E-state index in [0.717, 1.165) is 17.9 Å². The second kappa shape index (κ2) is 3.37. The van der Waals surface area contributed by atoms with Crippen LogP contribution < -0.4 is 10.5 Å². The molecule has 2 N–H and O–H groups in total. The first-order valence-corrected chi connectivity index (χ1v) is 4.99. The van der Waals surface area contributed by atoms with Gasteiger partial charge in [0.15, 0.2) is 0 Å². The van der Waals surface area contributed by atoms with Gasteiger partial charge in [0, 0.05) is 17.1 Å². The van der Waals surface area contributed by atoms with Gasteiger partial charge in [-0.05, 0) is 12.1 Å². The maximum absolute atomic E-state index is 5.71. The van der Waals surface area contributed by atoms with E-state index in [9.17, 15) is 0 Å². The lowest BCUT2D eigenvalue weighted by molar-refractivity contribution is 0.204. The summed E-state index contributed by atoms with van der Waals surface area (Å²) >= 11 is 1.81. The van der Waals surface area contributed by atoms with Crippen LogP contribution in [-0.2, 0) is 0 Å². The second-order valence-corrected chi connectivity index (χ2v) is 3.88. The molecule has 1 atom stereocenters. The molecular formula is C9H11NOS. The van der Waals surface area contributed by atoms with Gasteiger partial charge in [-0.25, -0.2) is 0 Å². The molecule has 0 saturated heterocycles. The molecule has 2 nitrogen and oxygen atoms in total. The van der Waals surface area contributed by atoms with Crippen LogP contribution in [0.15, 0.2) is 29.2 Å². The lowest BCUT2D eigenvalue weighted by Crippen LogP contribution is -2.26. The molecule has 0 aliphatic carbocycles. The Morgan fingerprint density at radius 3 is 3.17 bits per heavy atom. The summed E-state index contributed by atoms with van der Waals surface area (Å²) in [6, 6.07) is 8.02. The summed E-state index contributed by atoms with van der Waals surface area (Å²) in [7, 11) is 0. The Balaban J connectivity index is 2.31. The second-order valence-electron chi connectivity index (χ2n) is 2.74. The molecule has 1 aromatic rings. The molecule has 2 rings (SSSR count). The van der Waals surface area contributed by atoms with E-state index in [-0.39, 0.29) is 6.23 Å². The van der Waals surface area contributed by atoms with Crippen molar-refractivity contribution < 1.29 is 4.74 Å². The van der Waals surface area contributed by atoms with E-state index in [1.54, 1.807) is 0 Å². The van der Waals surface area contributed by atoms with Crippen LogP contribution in [0.1, 0.15) is 6.42 Å². The first kappa shape index (κ1) is 7.95. The van der Waals surface area contributed by atoms with E-state index in [4.69, 9.17) is 10.5 Å². The maximum atomic E-state index is 5.71. The normalized spacial score (nSPS) is 22.2. The van der Waals surface area contributed by atoms with Gasteiger partial charge < -0.3 is 4.74 Å². The molecule has 1 aliphatic heterocycles. The SMILES string of the molecule is NC1CCSc2ccccc2O1. The summed E-state index contributed by atoms with van der Waals surface area (Å²) in [6.45, 7) is 0. The average Bonchev–Trinajstić information content (AvgIpc) is 2.25. The van der Waals surface area contributed by atoms with Crippen molar-refractivity contribution in [2.45, 2.75) is 17.5 Å². The number of para-hydroxylation sites is 1. The van der Waals surface area contributed by atoms with Gasteiger partial charge in [0.05, 0.1) is 0 Å². The predicted octanol–water partition coefficient (Wildman–Crippen LogP) is 1.85. The minimum atomic E-state index is -0.138. The van der Waals surface area contributed by atoms with Gasteiger partial charge in [-0.1, -0.05) is 12.1 Å². The number of hydrogen-bond acceptors (Lipinski definition) is 3. The third-order valence-corrected chi connectivity index (χ3v) is 2.88. The van der Waals surface area contributed by atoms with E-state index in [1.807, 2.05) is 30.0 Å². The molecule has 0 radical (unpaired) electrons. The number of nitrogens with two attached hydrogens (primary N) is 1. The molecule has 0 fully saturated rings. The van der Waals surface area contributed by atoms with Crippen LogP contribution in [0.4, 0.5) is 0 Å². The van der Waals surface area contributed by atoms with Gasteiger partial charge in [0.2, 0.25) is 0 Å². The van der Waals surface area contributed by atoms with Crippen molar-refractivity contribution in [2.24, 2.45) is 5.73 Å². The molecule has 64 valence electrons. The van der Waals surface area contributed by atoms with E-state index in [2.05, 4.69) is 6.07 Å². The third kappa shape index (κ3) is 1.57. The number of rotatable bonds is 0. The summed E-state index contributed by atoms with van der Waals surface area (Å²) < 4.78 is 5.51. The number of fused-ring (bicyclic) bond motifs is 1. The highest BCUT2D eigenvalue weighted by atomic mass is 32.2. The van der Waals surface area contributed by atoms with Crippen LogP contribution in [-0.4, -0.2) is 12.0 Å². The van der Waals surface area contributed by atoms with Gasteiger partial charge >= 0.3 is 0 Å². The predicted molar refractivity (Wildman–Crippen MR) is 50.4 cm³/mol. The fraction of sp³-hybridized carbons (Fsp3) is 0.333. The highest BCUT2D eigenvalue weighted by Gasteiger charge is 2.13. The zero-order valence-corrected chi connectivity index (χ0v) is 7.51. The molecule has 12 heavy (non-hydrogen) atoms. The first-order valence-electron chi connectivity index (χ1n) is 4.00. The van der Waals surface area contributed by atoms with Crippen LogP contribution in [0.5, 0.6) is 5.75 Å². The Labute approximate surface area is 76.1 Å². The molecule has 0 aromatic heterocycles. The van der Waals surface area contributed by atoms with E-state index < -0.39 is 0 Å². The summed E-state index contributed by atoms with van der Waals surface area (Å²) in [5.41, 5.74) is 5.71. The zero-order chi connectivity index (χ0) is 8.39. The smallest absolute Gasteiger partial charge is 0.148 e. The molecular weight excluding hydrogens is 170 g/mol. The minimum Gasteiger partial charge on any atom is -0.474 e. The summed E-state index contributed by atoms with van der Waals surface area (Å²) in [6.07, 6.45) is 0.778. The average molecular weight is 181 g/mol. The van der Waals surface area contributed by atoms with Crippen molar-refractivity contribution in [3.8, 4) is 5.75 Å². The van der Waals surface area contributed by atoms with Crippen LogP contribution in [0.2, 0.25) is 0 Å². The number of hydrogen-bond donors (Lipinski definition) is 1. The summed E-state index contributed by atoms with van der Waals surface area (Å²) in [5.74, 6) is 1.96. The molecule has 0 amide bonds. The lowest BCUT2D eigenvalue weighted by atomic mass is 10.3. The van der Waals surface area contributed by atoms with Crippen molar-refractivity contribution in [2.75, 3.05) is 5.75 Å². The van der Waals surface area contributed by atoms with Gasteiger partial charge in [-0.15, -0.1) is 11.8 Å². The highest BCUT2D eigenvalue weighted by Crippen LogP contribution is 2.32. The van der Waals surface area contributed by atoms with Crippen molar-refractivity contribution in [3.05, 3.63) is 24.3 Å². The summed E-state index contributed by atoms with van der Waals surface area (Å²) in [4.78, 5) is 1.20. The fourth-order valence-electron chi connectivity index (χ4n) is 1.17. The van der Waals surface area contributed by atoms with E-state index in [1.165, 1.54) is 4.90 Å². The summed E-state index contributed by atoms with van der Waals surface area (Å²) in [5, 5.41) is 0. The zero-order valence-electron chi connectivity index (χ0n) is 6.69. The quantitative estimate of drug-likeness (QED) is 0.663. The third-order valence-electron chi connectivity index (χ3n) is 1.79. The van der Waals surface area contributed by atoms with Crippen LogP contribution in [0.3, 0.4) is 0 Å². The van der Waals surface area contributed by atoms with E-state index in [0.29, 0.717) is 0 Å². The van der Waals surface area contributed by atoms with Crippen LogP contribution in [0.25, 0.3) is 0 Å². The van der Waals surface area contributed by atoms with Crippen molar-refractivity contribution in [3.63, 3.8) is 0 Å². The first-order chi connectivity index (χ1) is 5.86. The monoisotopic (exact) mass is 181 g/mol. The molecule has 0 spiro atoms. The Morgan fingerprint density at radius 1 is 1.42 bits per heavy atom. The number of benzene rings is 1. The molecule has 1 heterocycles. The molecule has 0 bridgehead atoms. The maximum Gasteiger partial charge on any atom is 0.148 e. The Bertz CT molecular complexity index is 277. The molecule has 3 heteroatoms. The Morgan fingerprint density at radius 2 is 2.25 bits per heavy atom. The van der Waals surface area contributed by atoms with Gasteiger partial charge in [-0.2, -0.15) is 0 Å². The molecule has 1 aliphatic rings. The lowest BCUT2D eigenvalue weighted by Gasteiger charge is -2.10. The van der Waals surface area contributed by atoms with Crippen molar-refractivity contribution in [1.82, 2.24) is 0 Å². The van der Waals surface area contributed by atoms with Gasteiger partial charge in [0.1, 0.15) is 12.0 Å². The highest BCUT2D eigenvalue weighted by molar-refractivity contribution is 7.99. The van der Waals surface area contributed by atoms with E-state index >= 15 is 0 Å². The van der Waals surface area contributed by atoms with Crippen LogP contribution in [0, 0.1) is 0 Å². The largest absolute Gasteiger partial charge is 0.474 e. The standard InChI is InChI=1S/C9H11NOS/c10-9-5-6-12-8-4-2-1-3-7(8)11-9/h1-4,9H,5-6,10H2. The Hall–Kier alpha value is -0.670. The number of thioether (sulfide) groups is 1. The topological polar surface area (TPSA) is 35.2 Å². The van der Waals surface area contributed by atoms with Crippen molar-refractivity contribution in [1.29, 1.82) is 0 Å². The van der Waals surface area contributed by atoms with Gasteiger partial charge in [0.25, 0.3) is 0 Å². The van der Waals surface area contributed by atoms with Crippen molar-refractivity contribution >= 4 is 11.8 Å². The molecule has 0 saturated carbocycles. The van der Waals surface area contributed by atoms with Crippen LogP contribution >= 0.6 is 11.8 Å². The fourth-order valence-corrected chi connectivity index (χ4v) is 2.18.